The summed E-state index contributed by atoms with van der Waals surface area (Å²) in [5.74, 6) is -0.474. The van der Waals surface area contributed by atoms with Crippen molar-refractivity contribution in [1.82, 2.24) is 4.98 Å². The lowest BCUT2D eigenvalue weighted by Crippen LogP contribution is -2.21. The monoisotopic (exact) mass is 376 g/mol. The Hall–Kier alpha value is -2.60. The molecule has 2 rings (SSSR count). The molecule has 1 heterocycles. The maximum Gasteiger partial charge on any atom is 0.306 e. The molecule has 0 fully saturated rings. The Morgan fingerprint density at radius 3 is 2.62 bits per heavy atom. The van der Waals surface area contributed by atoms with E-state index in [0.29, 0.717) is 16.5 Å². The van der Waals surface area contributed by atoms with Crippen molar-refractivity contribution < 1.29 is 19.1 Å². The molecule has 0 spiro atoms. The first-order chi connectivity index (χ1) is 12.4. The fourth-order valence-corrected chi connectivity index (χ4v) is 2.53. The van der Waals surface area contributed by atoms with Crippen LogP contribution in [0, 0.1) is 6.92 Å². The average Bonchev–Trinajstić information content (AvgIpc) is 2.63. The van der Waals surface area contributed by atoms with E-state index >= 15 is 0 Å². The standard InChI is InChI=1S/C19H21ClN2O4/c1-12(14-4-6-21-7-5-14)9-19(24)26-11-18(23)22-16-8-13(2)15(20)10-17(16)25-3/h4-8,10,12H,9,11H2,1-3H3,(H,22,23). The third kappa shape index (κ3) is 5.46. The molecule has 26 heavy (non-hydrogen) atoms. The minimum atomic E-state index is -0.449. The molecular weight excluding hydrogens is 356 g/mol. The highest BCUT2D eigenvalue weighted by atomic mass is 35.5. The molecule has 1 amide bonds. The normalized spacial score (nSPS) is 11.5. The number of anilines is 1. The summed E-state index contributed by atoms with van der Waals surface area (Å²) in [4.78, 5) is 27.9. The Labute approximate surface area is 157 Å². The van der Waals surface area contributed by atoms with Gasteiger partial charge < -0.3 is 14.8 Å². The van der Waals surface area contributed by atoms with Crippen LogP contribution in [0.4, 0.5) is 5.69 Å². The van der Waals surface area contributed by atoms with Crippen molar-refractivity contribution in [2.24, 2.45) is 0 Å². The number of nitrogens with zero attached hydrogens (tertiary/aromatic N) is 1. The van der Waals surface area contributed by atoms with Crippen LogP contribution < -0.4 is 10.1 Å². The molecule has 7 heteroatoms. The Morgan fingerprint density at radius 2 is 1.96 bits per heavy atom. The molecule has 0 saturated heterocycles. The lowest BCUT2D eigenvalue weighted by Gasteiger charge is -2.13. The summed E-state index contributed by atoms with van der Waals surface area (Å²) >= 11 is 6.04. The van der Waals surface area contributed by atoms with Gasteiger partial charge in [0.2, 0.25) is 0 Å². The van der Waals surface area contributed by atoms with Gasteiger partial charge in [-0.2, -0.15) is 0 Å². The number of ether oxygens (including phenoxy) is 2. The van der Waals surface area contributed by atoms with Crippen LogP contribution in [0.3, 0.4) is 0 Å². The number of halogens is 1. The highest BCUT2D eigenvalue weighted by Crippen LogP contribution is 2.30. The number of nitrogens with one attached hydrogen (secondary N) is 1. The smallest absolute Gasteiger partial charge is 0.306 e. The van der Waals surface area contributed by atoms with Crippen molar-refractivity contribution in [3.8, 4) is 5.75 Å². The van der Waals surface area contributed by atoms with Gasteiger partial charge in [0, 0.05) is 23.5 Å². The van der Waals surface area contributed by atoms with Gasteiger partial charge in [-0.3, -0.25) is 14.6 Å². The molecule has 6 nitrogen and oxygen atoms in total. The molecule has 138 valence electrons. The van der Waals surface area contributed by atoms with Crippen LogP contribution in [0.25, 0.3) is 0 Å². The Morgan fingerprint density at radius 1 is 1.27 bits per heavy atom. The zero-order valence-corrected chi connectivity index (χ0v) is 15.7. The van der Waals surface area contributed by atoms with Crippen LogP contribution in [-0.2, 0) is 14.3 Å². The Bertz CT molecular complexity index is 781. The number of carbonyl (C=O) groups excluding carboxylic acids is 2. The van der Waals surface area contributed by atoms with Gasteiger partial charge in [0.25, 0.3) is 5.91 Å². The molecule has 0 bridgehead atoms. The molecule has 0 saturated carbocycles. The van der Waals surface area contributed by atoms with Crippen molar-refractivity contribution in [3.05, 3.63) is 52.8 Å². The van der Waals surface area contributed by atoms with Crippen molar-refractivity contribution >= 4 is 29.2 Å². The summed E-state index contributed by atoms with van der Waals surface area (Å²) in [5, 5.41) is 3.20. The minimum Gasteiger partial charge on any atom is -0.495 e. The van der Waals surface area contributed by atoms with E-state index in [9.17, 15) is 9.59 Å². The SMILES string of the molecule is COc1cc(Cl)c(C)cc1NC(=O)COC(=O)CC(C)c1ccncc1. The van der Waals surface area contributed by atoms with Crippen LogP contribution in [-0.4, -0.2) is 30.6 Å². The number of aromatic nitrogens is 1. The molecule has 1 atom stereocenters. The largest absolute Gasteiger partial charge is 0.495 e. The molecule has 1 aromatic carbocycles. The third-order valence-corrected chi connectivity index (χ3v) is 4.27. The highest BCUT2D eigenvalue weighted by Gasteiger charge is 2.15. The summed E-state index contributed by atoms with van der Waals surface area (Å²) in [6, 6.07) is 7.01. The number of rotatable bonds is 7. The first-order valence-corrected chi connectivity index (χ1v) is 8.48. The molecule has 0 aliphatic heterocycles. The third-order valence-electron chi connectivity index (χ3n) is 3.87. The summed E-state index contributed by atoms with van der Waals surface area (Å²) in [5.41, 5.74) is 2.26. The Balaban J connectivity index is 1.87. The highest BCUT2D eigenvalue weighted by molar-refractivity contribution is 6.31. The second kappa shape index (κ2) is 9.20. The van der Waals surface area contributed by atoms with Gasteiger partial charge in [-0.15, -0.1) is 0 Å². The predicted molar refractivity (Wildman–Crippen MR) is 99.6 cm³/mol. The van der Waals surface area contributed by atoms with Gasteiger partial charge >= 0.3 is 5.97 Å². The second-order valence-corrected chi connectivity index (χ2v) is 6.30. The van der Waals surface area contributed by atoms with E-state index in [0.717, 1.165) is 11.1 Å². The molecule has 1 aromatic heterocycles. The molecule has 1 N–H and O–H groups in total. The average molecular weight is 377 g/mol. The zero-order chi connectivity index (χ0) is 19.1. The van der Waals surface area contributed by atoms with Crippen molar-refractivity contribution in [3.63, 3.8) is 0 Å². The predicted octanol–water partition coefficient (Wildman–Crippen LogP) is 3.73. The van der Waals surface area contributed by atoms with Crippen LogP contribution >= 0.6 is 11.6 Å². The lowest BCUT2D eigenvalue weighted by molar-refractivity contribution is -0.147. The van der Waals surface area contributed by atoms with Crippen molar-refractivity contribution in [1.29, 1.82) is 0 Å². The van der Waals surface area contributed by atoms with Crippen LogP contribution in [0.1, 0.15) is 30.4 Å². The van der Waals surface area contributed by atoms with E-state index in [-0.39, 0.29) is 18.9 Å². The fourth-order valence-electron chi connectivity index (χ4n) is 2.38. The van der Waals surface area contributed by atoms with Gasteiger partial charge in [-0.1, -0.05) is 18.5 Å². The van der Waals surface area contributed by atoms with Gasteiger partial charge in [0.1, 0.15) is 5.75 Å². The van der Waals surface area contributed by atoms with Crippen LogP contribution in [0.2, 0.25) is 5.02 Å². The maximum absolute atomic E-state index is 12.1. The number of methoxy groups -OCH3 is 1. The zero-order valence-electron chi connectivity index (χ0n) is 14.9. The topological polar surface area (TPSA) is 77.5 Å². The van der Waals surface area contributed by atoms with Gasteiger partial charge in [-0.05, 0) is 42.2 Å². The van der Waals surface area contributed by atoms with Crippen LogP contribution in [0.5, 0.6) is 5.75 Å². The summed E-state index contributed by atoms with van der Waals surface area (Å²) in [7, 11) is 1.48. The summed E-state index contributed by atoms with van der Waals surface area (Å²) < 4.78 is 10.3. The molecule has 0 radical (unpaired) electrons. The number of aryl methyl sites for hydroxylation is 1. The number of pyridine rings is 1. The summed E-state index contributed by atoms with van der Waals surface area (Å²) in [6.07, 6.45) is 3.53. The number of carbonyl (C=O) groups is 2. The number of hydrogen-bond donors (Lipinski definition) is 1. The lowest BCUT2D eigenvalue weighted by atomic mass is 9.99. The second-order valence-electron chi connectivity index (χ2n) is 5.90. The van der Waals surface area contributed by atoms with E-state index in [4.69, 9.17) is 21.1 Å². The first kappa shape index (κ1) is 19.7. The van der Waals surface area contributed by atoms with E-state index in [1.807, 2.05) is 26.0 Å². The Kier molecular flexibility index (Phi) is 6.97. The van der Waals surface area contributed by atoms with Gasteiger partial charge in [-0.25, -0.2) is 0 Å². The first-order valence-electron chi connectivity index (χ1n) is 8.10. The number of esters is 1. The van der Waals surface area contributed by atoms with Crippen LogP contribution in [0.15, 0.2) is 36.7 Å². The van der Waals surface area contributed by atoms with Crippen molar-refractivity contribution in [2.75, 3.05) is 19.0 Å². The molecule has 2 aromatic rings. The molecule has 0 aliphatic rings. The van der Waals surface area contributed by atoms with E-state index in [2.05, 4.69) is 10.3 Å². The molecule has 1 unspecified atom stereocenters. The minimum absolute atomic E-state index is 0.0208. The number of amides is 1. The fraction of sp³-hybridized carbons (Fsp3) is 0.316. The maximum atomic E-state index is 12.1. The van der Waals surface area contributed by atoms with Crippen molar-refractivity contribution in [2.45, 2.75) is 26.2 Å². The van der Waals surface area contributed by atoms with E-state index in [1.165, 1.54) is 7.11 Å². The van der Waals surface area contributed by atoms with E-state index in [1.54, 1.807) is 24.5 Å². The molecule has 0 aliphatic carbocycles. The van der Waals surface area contributed by atoms with E-state index < -0.39 is 11.9 Å². The summed E-state index contributed by atoms with van der Waals surface area (Å²) in [6.45, 7) is 3.36. The quantitative estimate of drug-likeness (QED) is 0.745. The molecular formula is C19H21ClN2O4. The number of benzene rings is 1. The number of hydrogen-bond acceptors (Lipinski definition) is 5. The van der Waals surface area contributed by atoms with Gasteiger partial charge in [0.05, 0.1) is 19.2 Å². The van der Waals surface area contributed by atoms with Gasteiger partial charge in [0.15, 0.2) is 6.61 Å².